The number of nitrogens with zero attached hydrogens (tertiary/aromatic N) is 4. The molecule has 1 aromatic carbocycles. The van der Waals surface area contributed by atoms with Crippen LogP contribution in [0.25, 0.3) is 38.3 Å². The van der Waals surface area contributed by atoms with E-state index < -0.39 is 0 Å². The van der Waals surface area contributed by atoms with Crippen molar-refractivity contribution in [3.05, 3.63) is 52.8 Å². The summed E-state index contributed by atoms with van der Waals surface area (Å²) in [5.41, 5.74) is 3.46. The van der Waals surface area contributed by atoms with Gasteiger partial charge in [0.1, 0.15) is 6.33 Å². The van der Waals surface area contributed by atoms with Crippen LogP contribution >= 0.6 is 22.7 Å². The number of hydrogen-bond donors (Lipinski definition) is 2. The highest BCUT2D eigenvalue weighted by molar-refractivity contribution is 7.17. The van der Waals surface area contributed by atoms with Crippen LogP contribution in [0, 0.1) is 0 Å². The number of imidazole rings is 1. The molecule has 0 aliphatic carbocycles. The fourth-order valence-corrected chi connectivity index (χ4v) is 4.62. The monoisotopic (exact) mass is 393 g/mol. The van der Waals surface area contributed by atoms with E-state index >= 15 is 0 Å². The second-order valence-electron chi connectivity index (χ2n) is 5.96. The Balaban J connectivity index is 1.76. The van der Waals surface area contributed by atoms with Crippen molar-refractivity contribution in [2.75, 3.05) is 18.5 Å². The largest absolute Gasteiger partial charge is 0.395 e. The lowest BCUT2D eigenvalue weighted by Crippen LogP contribution is -2.09. The van der Waals surface area contributed by atoms with Gasteiger partial charge >= 0.3 is 0 Å². The molecule has 0 saturated heterocycles. The number of benzene rings is 1. The molecule has 0 aliphatic rings. The maximum absolute atomic E-state index is 9.22. The van der Waals surface area contributed by atoms with Crippen LogP contribution in [0.3, 0.4) is 0 Å². The summed E-state index contributed by atoms with van der Waals surface area (Å²) in [6.07, 6.45) is 1.76. The lowest BCUT2D eigenvalue weighted by atomic mass is 10.1. The first-order chi connectivity index (χ1) is 13.3. The smallest absolute Gasteiger partial charge is 0.170 e. The zero-order chi connectivity index (χ0) is 18.2. The van der Waals surface area contributed by atoms with Gasteiger partial charge in [-0.25, -0.2) is 15.0 Å². The van der Waals surface area contributed by atoms with E-state index in [1.54, 1.807) is 29.0 Å². The summed E-state index contributed by atoms with van der Waals surface area (Å²) < 4.78 is 3.17. The molecule has 0 bridgehead atoms. The molecular weight excluding hydrogens is 378 g/mol. The summed E-state index contributed by atoms with van der Waals surface area (Å²) in [7, 11) is 0. The Labute approximate surface area is 162 Å². The van der Waals surface area contributed by atoms with E-state index in [2.05, 4.69) is 33.2 Å². The number of anilines is 1. The number of nitrogens with one attached hydrogen (secondary N) is 1. The molecule has 0 spiro atoms. The summed E-state index contributed by atoms with van der Waals surface area (Å²) in [6, 6.07) is 10.3. The maximum atomic E-state index is 9.22. The highest BCUT2D eigenvalue weighted by Gasteiger charge is 2.17. The molecule has 2 N–H and O–H groups in total. The summed E-state index contributed by atoms with van der Waals surface area (Å²) in [5, 5.41) is 19.7. The molecule has 134 valence electrons. The van der Waals surface area contributed by atoms with E-state index in [0.717, 1.165) is 22.3 Å². The second kappa shape index (κ2) is 6.73. The van der Waals surface area contributed by atoms with Crippen LogP contribution in [0.5, 0.6) is 0 Å². The molecule has 0 atom stereocenters. The normalized spacial score (nSPS) is 11.4. The Morgan fingerprint density at radius 1 is 1.11 bits per heavy atom. The van der Waals surface area contributed by atoms with Gasteiger partial charge in [-0.2, -0.15) is 11.3 Å². The molecule has 5 rings (SSSR count). The number of thiophene rings is 2. The van der Waals surface area contributed by atoms with E-state index in [0.29, 0.717) is 23.7 Å². The number of aromatic nitrogens is 4. The Kier molecular flexibility index (Phi) is 4.08. The van der Waals surface area contributed by atoms with Crippen molar-refractivity contribution in [3.63, 3.8) is 0 Å². The molecule has 8 heteroatoms. The third-order valence-corrected chi connectivity index (χ3v) is 5.94. The molecule has 4 aromatic heterocycles. The summed E-state index contributed by atoms with van der Waals surface area (Å²) in [5.74, 6) is 1.28. The second-order valence-corrected chi connectivity index (χ2v) is 7.65. The predicted molar refractivity (Wildman–Crippen MR) is 111 cm³/mol. The lowest BCUT2D eigenvalue weighted by Gasteiger charge is -2.08. The molecule has 0 saturated carbocycles. The Bertz CT molecular complexity index is 1230. The third-order valence-electron chi connectivity index (χ3n) is 4.31. The average molecular weight is 393 g/mol. The first-order valence-electron chi connectivity index (χ1n) is 8.44. The summed E-state index contributed by atoms with van der Waals surface area (Å²) >= 11 is 3.31. The molecular formula is C19H15N5OS2. The Morgan fingerprint density at radius 3 is 2.89 bits per heavy atom. The highest BCUT2D eigenvalue weighted by atomic mass is 32.1. The van der Waals surface area contributed by atoms with Crippen molar-refractivity contribution in [3.8, 4) is 17.1 Å². The van der Waals surface area contributed by atoms with Gasteiger partial charge in [-0.15, -0.1) is 11.3 Å². The van der Waals surface area contributed by atoms with Gasteiger partial charge < -0.3 is 10.4 Å². The minimum atomic E-state index is 0.0213. The maximum Gasteiger partial charge on any atom is 0.170 e. The van der Waals surface area contributed by atoms with Gasteiger partial charge in [0.05, 0.1) is 12.3 Å². The van der Waals surface area contributed by atoms with Crippen molar-refractivity contribution in [2.45, 2.75) is 0 Å². The molecule has 6 nitrogen and oxygen atoms in total. The van der Waals surface area contributed by atoms with Crippen LogP contribution < -0.4 is 5.32 Å². The minimum Gasteiger partial charge on any atom is -0.395 e. The van der Waals surface area contributed by atoms with Crippen LogP contribution in [-0.2, 0) is 0 Å². The number of hydrogen-bond acceptors (Lipinski definition) is 7. The van der Waals surface area contributed by atoms with Gasteiger partial charge in [0.2, 0.25) is 0 Å². The number of fused-ring (bicyclic) bond motifs is 2. The standard InChI is InChI=1S/C19H15N5OS2/c25-7-6-20-18-16-19(24(11-21-16)12-5-8-26-9-12)23-17(22-18)14-10-27-15-4-2-1-3-13(14)15/h1-5,8-11,25H,6-7H2,(H,20,22,23). The van der Waals surface area contributed by atoms with Crippen LogP contribution in [0.2, 0.25) is 0 Å². The van der Waals surface area contributed by atoms with Gasteiger partial charge in [0, 0.05) is 33.0 Å². The van der Waals surface area contributed by atoms with E-state index in [9.17, 15) is 5.11 Å². The van der Waals surface area contributed by atoms with Crippen molar-refractivity contribution >= 4 is 49.7 Å². The van der Waals surface area contributed by atoms with Crippen LogP contribution in [0.1, 0.15) is 0 Å². The highest BCUT2D eigenvalue weighted by Crippen LogP contribution is 2.34. The fourth-order valence-electron chi connectivity index (χ4n) is 3.05. The van der Waals surface area contributed by atoms with Crippen LogP contribution in [-0.4, -0.2) is 37.8 Å². The molecule has 27 heavy (non-hydrogen) atoms. The predicted octanol–water partition coefficient (Wildman–Crippen LogP) is 4.16. The number of aliphatic hydroxyl groups is 1. The van der Waals surface area contributed by atoms with Crippen LogP contribution in [0.15, 0.2) is 52.8 Å². The van der Waals surface area contributed by atoms with Crippen molar-refractivity contribution in [1.29, 1.82) is 0 Å². The fraction of sp³-hybridized carbons (Fsp3) is 0.105. The van der Waals surface area contributed by atoms with Crippen molar-refractivity contribution in [1.82, 2.24) is 19.5 Å². The molecule has 0 radical (unpaired) electrons. The Hall–Kier alpha value is -2.81. The zero-order valence-corrected chi connectivity index (χ0v) is 15.8. The molecule has 4 heterocycles. The topological polar surface area (TPSA) is 75.9 Å². The molecule has 5 aromatic rings. The SMILES string of the molecule is OCCNc1nc(-c2csc3ccccc23)nc2c1ncn2-c1ccsc1. The van der Waals surface area contributed by atoms with Gasteiger partial charge in [-0.05, 0) is 17.5 Å². The molecule has 0 fully saturated rings. The van der Waals surface area contributed by atoms with Crippen molar-refractivity contribution in [2.24, 2.45) is 0 Å². The van der Waals surface area contributed by atoms with E-state index in [1.165, 1.54) is 4.70 Å². The van der Waals surface area contributed by atoms with Crippen LogP contribution in [0.4, 0.5) is 5.82 Å². The van der Waals surface area contributed by atoms with E-state index in [-0.39, 0.29) is 6.61 Å². The first kappa shape index (κ1) is 16.4. The molecule has 0 amide bonds. The summed E-state index contributed by atoms with van der Waals surface area (Å²) in [6.45, 7) is 0.425. The zero-order valence-electron chi connectivity index (χ0n) is 14.2. The number of aliphatic hydroxyl groups excluding tert-OH is 1. The Morgan fingerprint density at radius 2 is 2.04 bits per heavy atom. The third kappa shape index (κ3) is 2.78. The van der Waals surface area contributed by atoms with E-state index in [1.807, 2.05) is 28.1 Å². The average Bonchev–Trinajstić information content (AvgIpc) is 3.44. The number of rotatable bonds is 5. The quantitative estimate of drug-likeness (QED) is 0.469. The van der Waals surface area contributed by atoms with E-state index in [4.69, 9.17) is 9.97 Å². The van der Waals surface area contributed by atoms with Gasteiger partial charge in [0.15, 0.2) is 22.8 Å². The van der Waals surface area contributed by atoms with Gasteiger partial charge in [0.25, 0.3) is 0 Å². The summed E-state index contributed by atoms with van der Waals surface area (Å²) in [4.78, 5) is 14.1. The van der Waals surface area contributed by atoms with Gasteiger partial charge in [-0.1, -0.05) is 18.2 Å². The minimum absolute atomic E-state index is 0.0213. The molecule has 0 unspecified atom stereocenters. The first-order valence-corrected chi connectivity index (χ1v) is 10.3. The lowest BCUT2D eigenvalue weighted by molar-refractivity contribution is 0.311. The van der Waals surface area contributed by atoms with Crippen molar-refractivity contribution < 1.29 is 5.11 Å². The van der Waals surface area contributed by atoms with Gasteiger partial charge in [-0.3, -0.25) is 4.57 Å². The molecule has 0 aliphatic heterocycles.